The van der Waals surface area contributed by atoms with Gasteiger partial charge < -0.3 is 10.4 Å². The summed E-state index contributed by atoms with van der Waals surface area (Å²) in [5.74, 6) is 0.978. The van der Waals surface area contributed by atoms with Crippen molar-refractivity contribution in [1.29, 1.82) is 0 Å². The molecule has 0 aromatic heterocycles. The summed E-state index contributed by atoms with van der Waals surface area (Å²) in [6, 6.07) is 6.04. The zero-order valence-corrected chi connectivity index (χ0v) is 12.5. The number of phenols is 1. The molecule has 0 aliphatic carbocycles. The first-order chi connectivity index (χ1) is 8.21. The van der Waals surface area contributed by atoms with Crippen LogP contribution in [0.25, 0.3) is 0 Å². The Balaban J connectivity index is 2.63. The molecule has 18 heavy (non-hydrogen) atoms. The molecule has 0 amide bonds. The van der Waals surface area contributed by atoms with Gasteiger partial charge in [-0.25, -0.2) is 0 Å². The number of benzene rings is 1. The van der Waals surface area contributed by atoms with Crippen LogP contribution in [0.15, 0.2) is 18.2 Å². The summed E-state index contributed by atoms with van der Waals surface area (Å²) in [6.07, 6.45) is 0. The van der Waals surface area contributed by atoms with Gasteiger partial charge >= 0.3 is 0 Å². The van der Waals surface area contributed by atoms with Gasteiger partial charge in [0.1, 0.15) is 5.75 Å². The summed E-state index contributed by atoms with van der Waals surface area (Å²) < 4.78 is 0. The second kappa shape index (κ2) is 5.75. The van der Waals surface area contributed by atoms with Crippen LogP contribution in [0.4, 0.5) is 0 Å². The number of hydrogen-bond acceptors (Lipinski definition) is 2. The van der Waals surface area contributed by atoms with Gasteiger partial charge in [0.15, 0.2) is 0 Å². The van der Waals surface area contributed by atoms with E-state index in [0.717, 1.165) is 17.7 Å². The fourth-order valence-corrected chi connectivity index (χ4v) is 1.79. The smallest absolute Gasteiger partial charge is 0.120 e. The van der Waals surface area contributed by atoms with Crippen molar-refractivity contribution >= 4 is 0 Å². The lowest BCUT2D eigenvalue weighted by Crippen LogP contribution is -2.31. The van der Waals surface area contributed by atoms with Gasteiger partial charge in [0.25, 0.3) is 0 Å². The first-order valence-corrected chi connectivity index (χ1v) is 6.74. The predicted octanol–water partition coefficient (Wildman–Crippen LogP) is 4.03. The van der Waals surface area contributed by atoms with Crippen molar-refractivity contribution in [1.82, 2.24) is 5.32 Å². The lowest BCUT2D eigenvalue weighted by atomic mass is 9.82. The Hall–Kier alpha value is -1.02. The zero-order valence-electron chi connectivity index (χ0n) is 12.5. The number of rotatable bonds is 4. The fourth-order valence-electron chi connectivity index (χ4n) is 1.79. The third-order valence-corrected chi connectivity index (χ3v) is 3.86. The molecule has 0 saturated heterocycles. The van der Waals surface area contributed by atoms with E-state index in [4.69, 9.17) is 0 Å². The molecule has 102 valence electrons. The van der Waals surface area contributed by atoms with Crippen LogP contribution >= 0.6 is 0 Å². The molecule has 2 unspecified atom stereocenters. The molecule has 2 N–H and O–H groups in total. The number of aryl methyl sites for hydroxylation is 1. The fraction of sp³-hybridized carbons (Fsp3) is 0.625. The summed E-state index contributed by atoms with van der Waals surface area (Å²) in [4.78, 5) is 0. The van der Waals surface area contributed by atoms with E-state index in [9.17, 15) is 5.11 Å². The maximum absolute atomic E-state index is 9.95. The van der Waals surface area contributed by atoms with Crippen LogP contribution in [0.3, 0.4) is 0 Å². The zero-order chi connectivity index (χ0) is 13.9. The summed E-state index contributed by atoms with van der Waals surface area (Å²) in [6.45, 7) is 14.1. The number of phenolic OH excluding ortho intramolecular Hbond substituents is 1. The van der Waals surface area contributed by atoms with E-state index >= 15 is 0 Å². The number of nitrogens with one attached hydrogen (secondary N) is 1. The van der Waals surface area contributed by atoms with E-state index in [-0.39, 0.29) is 6.04 Å². The van der Waals surface area contributed by atoms with Crippen molar-refractivity contribution in [2.45, 2.75) is 47.6 Å². The second-order valence-corrected chi connectivity index (χ2v) is 6.46. The molecule has 0 spiro atoms. The van der Waals surface area contributed by atoms with Gasteiger partial charge in [-0.1, -0.05) is 39.8 Å². The molecule has 1 aromatic rings. The van der Waals surface area contributed by atoms with Crippen LogP contribution in [0, 0.1) is 18.3 Å². The highest BCUT2D eigenvalue weighted by molar-refractivity contribution is 5.37. The van der Waals surface area contributed by atoms with Gasteiger partial charge in [-0.05, 0) is 43.4 Å². The molecule has 0 heterocycles. The Labute approximate surface area is 111 Å². The molecule has 0 radical (unpaired) electrons. The van der Waals surface area contributed by atoms with Crippen molar-refractivity contribution in [3.63, 3.8) is 0 Å². The molecule has 0 saturated carbocycles. The van der Waals surface area contributed by atoms with Gasteiger partial charge in [-0.15, -0.1) is 0 Å². The van der Waals surface area contributed by atoms with Crippen LogP contribution in [0.2, 0.25) is 0 Å². The monoisotopic (exact) mass is 249 g/mol. The molecule has 1 aromatic carbocycles. The molecule has 2 atom stereocenters. The van der Waals surface area contributed by atoms with E-state index in [0.29, 0.717) is 17.1 Å². The van der Waals surface area contributed by atoms with Crippen molar-refractivity contribution in [2.24, 2.45) is 11.3 Å². The minimum Gasteiger partial charge on any atom is -0.508 e. The molecule has 0 bridgehead atoms. The number of aromatic hydroxyl groups is 1. The van der Waals surface area contributed by atoms with E-state index in [1.807, 2.05) is 25.1 Å². The third kappa shape index (κ3) is 4.02. The summed E-state index contributed by atoms with van der Waals surface area (Å²) in [5, 5.41) is 13.5. The molecule has 0 fully saturated rings. The Bertz CT molecular complexity index is 393. The van der Waals surface area contributed by atoms with Gasteiger partial charge in [-0.2, -0.15) is 0 Å². The topological polar surface area (TPSA) is 32.3 Å². The van der Waals surface area contributed by atoms with E-state index < -0.39 is 0 Å². The third-order valence-electron chi connectivity index (χ3n) is 3.86. The number of hydrogen-bond donors (Lipinski definition) is 2. The van der Waals surface area contributed by atoms with E-state index in [2.05, 4.69) is 39.9 Å². The Morgan fingerprint density at radius 1 is 1.22 bits per heavy atom. The minimum absolute atomic E-state index is 0.176. The van der Waals surface area contributed by atoms with Crippen LogP contribution in [-0.2, 0) is 0 Å². The highest BCUT2D eigenvalue weighted by atomic mass is 16.3. The van der Waals surface area contributed by atoms with E-state index in [1.54, 1.807) is 0 Å². The first kappa shape index (κ1) is 15.0. The molecule has 2 heteroatoms. The normalized spacial score (nSPS) is 15.4. The maximum atomic E-state index is 9.95. The van der Waals surface area contributed by atoms with Gasteiger partial charge in [0.05, 0.1) is 0 Å². The average Bonchev–Trinajstić information content (AvgIpc) is 2.24. The Morgan fingerprint density at radius 3 is 2.33 bits per heavy atom. The second-order valence-electron chi connectivity index (χ2n) is 6.46. The molecule has 1 rings (SSSR count). The first-order valence-electron chi connectivity index (χ1n) is 6.74. The van der Waals surface area contributed by atoms with Crippen molar-refractivity contribution in [3.05, 3.63) is 29.3 Å². The Morgan fingerprint density at radius 2 is 1.83 bits per heavy atom. The van der Waals surface area contributed by atoms with Gasteiger partial charge in [0.2, 0.25) is 0 Å². The van der Waals surface area contributed by atoms with Gasteiger partial charge in [0, 0.05) is 11.6 Å². The quantitative estimate of drug-likeness (QED) is 0.844. The highest BCUT2D eigenvalue weighted by Crippen LogP contribution is 2.27. The minimum atomic E-state index is 0.176. The lowest BCUT2D eigenvalue weighted by molar-refractivity contribution is 0.246. The van der Waals surface area contributed by atoms with Crippen LogP contribution in [0.5, 0.6) is 5.75 Å². The molecule has 0 aliphatic heterocycles. The maximum Gasteiger partial charge on any atom is 0.120 e. The van der Waals surface area contributed by atoms with Crippen molar-refractivity contribution in [2.75, 3.05) is 6.54 Å². The van der Waals surface area contributed by atoms with E-state index in [1.165, 1.54) is 0 Å². The molecular formula is C16H27NO. The predicted molar refractivity (Wildman–Crippen MR) is 77.9 cm³/mol. The average molecular weight is 249 g/mol. The summed E-state index contributed by atoms with van der Waals surface area (Å²) in [7, 11) is 0. The Kier molecular flexibility index (Phi) is 4.80. The SMILES string of the molecule is Cc1ccc(C(C)NCC(C)C(C)(C)C)c(O)c1. The largest absolute Gasteiger partial charge is 0.508 e. The molecule has 0 aliphatic rings. The molecule has 2 nitrogen and oxygen atoms in total. The van der Waals surface area contributed by atoms with Crippen LogP contribution in [-0.4, -0.2) is 11.7 Å². The lowest BCUT2D eigenvalue weighted by Gasteiger charge is -2.29. The standard InChI is InChI=1S/C16H27NO/c1-11-7-8-14(15(18)9-11)13(3)17-10-12(2)16(4,5)6/h7-9,12-13,17-18H,10H2,1-6H3. The van der Waals surface area contributed by atoms with Crippen molar-refractivity contribution < 1.29 is 5.11 Å². The summed E-state index contributed by atoms with van der Waals surface area (Å²) >= 11 is 0. The summed E-state index contributed by atoms with van der Waals surface area (Å²) in [5.41, 5.74) is 2.37. The molecular weight excluding hydrogens is 222 g/mol. The van der Waals surface area contributed by atoms with Crippen LogP contribution < -0.4 is 5.32 Å². The van der Waals surface area contributed by atoms with Crippen molar-refractivity contribution in [3.8, 4) is 5.75 Å². The van der Waals surface area contributed by atoms with Crippen LogP contribution in [0.1, 0.15) is 51.8 Å². The van der Waals surface area contributed by atoms with Gasteiger partial charge in [-0.3, -0.25) is 0 Å². The highest BCUT2D eigenvalue weighted by Gasteiger charge is 2.20.